The van der Waals surface area contributed by atoms with Gasteiger partial charge in [-0.2, -0.15) is 0 Å². The van der Waals surface area contributed by atoms with E-state index in [2.05, 4.69) is 9.97 Å². The summed E-state index contributed by atoms with van der Waals surface area (Å²) >= 11 is 18.6. The van der Waals surface area contributed by atoms with Gasteiger partial charge in [-0.05, 0) is 47.0 Å². The minimum absolute atomic E-state index is 0.227. The predicted molar refractivity (Wildman–Crippen MR) is 155 cm³/mol. The van der Waals surface area contributed by atoms with Crippen LogP contribution in [-0.2, 0) is 9.47 Å². The number of hydrogen-bond acceptors (Lipinski definition) is 7. The molecule has 0 radical (unpaired) electrons. The maximum Gasteiger partial charge on any atom is 0.338 e. The number of rotatable bonds is 6. The van der Waals surface area contributed by atoms with Crippen LogP contribution in [0.4, 0.5) is 0 Å². The predicted octanol–water partition coefficient (Wildman–Crippen LogP) is 6.28. The molecule has 0 bridgehead atoms. The second-order valence-electron chi connectivity index (χ2n) is 9.54. The first-order valence-electron chi connectivity index (χ1n) is 12.6. The molecule has 0 spiro atoms. The van der Waals surface area contributed by atoms with Crippen molar-refractivity contribution in [2.75, 3.05) is 0 Å². The highest BCUT2D eigenvalue weighted by molar-refractivity contribution is 6.42. The van der Waals surface area contributed by atoms with Gasteiger partial charge in [0.25, 0.3) is 0 Å². The van der Waals surface area contributed by atoms with E-state index in [0.29, 0.717) is 27.2 Å². The van der Waals surface area contributed by atoms with Gasteiger partial charge >= 0.3 is 5.97 Å². The van der Waals surface area contributed by atoms with Gasteiger partial charge in [-0.25, -0.2) is 14.8 Å². The molecule has 0 saturated carbocycles. The van der Waals surface area contributed by atoms with Crippen molar-refractivity contribution in [2.45, 2.75) is 30.6 Å². The number of halogens is 3. The molecule has 2 N–H and O–H groups in total. The van der Waals surface area contributed by atoms with Crippen molar-refractivity contribution >= 4 is 51.8 Å². The first-order chi connectivity index (χ1) is 19.8. The van der Waals surface area contributed by atoms with Gasteiger partial charge in [-0.15, -0.1) is 0 Å². The van der Waals surface area contributed by atoms with Crippen LogP contribution in [0.2, 0.25) is 15.2 Å². The monoisotopic (exact) mass is 609 g/mol. The maximum atomic E-state index is 13.4. The number of aliphatic hydroxyl groups is 2. The van der Waals surface area contributed by atoms with Crippen LogP contribution >= 0.6 is 34.8 Å². The highest BCUT2D eigenvalue weighted by Gasteiger charge is 2.49. The number of carbonyl (C=O) groups is 1. The van der Waals surface area contributed by atoms with Crippen molar-refractivity contribution in [3.05, 3.63) is 118 Å². The third kappa shape index (κ3) is 5.30. The summed E-state index contributed by atoms with van der Waals surface area (Å²) in [6.07, 6.45) is -3.30. The Morgan fingerprint density at radius 3 is 2.34 bits per heavy atom. The Bertz CT molecular complexity index is 1710. The van der Waals surface area contributed by atoms with Crippen molar-refractivity contribution in [3.63, 3.8) is 0 Å². The van der Waals surface area contributed by atoms with Crippen LogP contribution in [0.25, 0.3) is 22.2 Å². The standard InChI is InChI=1S/C30H22Cl3N3O5/c31-21-11-10-19(14-22(21)32)25(41-30(39)18-8-6-17(7-9-18)16-4-2-1-3-5-16)26-23(37)24(38)29(40-26)36-13-12-20-27(33)34-15-35-28(20)36/h1-15,23-26,29,37-38H/t23-,24+,25+,26-,29+/m0/s1. The molecule has 3 aromatic carbocycles. The number of aromatic nitrogens is 3. The quantitative estimate of drug-likeness (QED) is 0.172. The molecule has 5 atom stereocenters. The van der Waals surface area contributed by atoms with Crippen LogP contribution in [0.3, 0.4) is 0 Å². The third-order valence-electron chi connectivity index (χ3n) is 7.04. The molecule has 0 amide bonds. The Hall–Kier alpha value is -3.50. The SMILES string of the molecule is O=C(O[C@H](c1ccc(Cl)c(Cl)c1)[C@H]1O[C@@H](n2ccc3c(Cl)ncnc32)[C@H](O)[C@@H]1O)c1ccc(-c2ccccc2)cc1. The number of esters is 1. The zero-order chi connectivity index (χ0) is 28.7. The Labute approximate surface area is 249 Å². The molecular formula is C30H22Cl3N3O5. The lowest BCUT2D eigenvalue weighted by Crippen LogP contribution is -2.36. The molecule has 0 aliphatic carbocycles. The van der Waals surface area contributed by atoms with Gasteiger partial charge in [0, 0.05) is 6.20 Å². The van der Waals surface area contributed by atoms with Gasteiger partial charge in [0.2, 0.25) is 0 Å². The molecule has 6 rings (SSSR count). The minimum atomic E-state index is -1.44. The van der Waals surface area contributed by atoms with Crippen LogP contribution in [0.15, 0.2) is 91.4 Å². The van der Waals surface area contributed by atoms with Crippen molar-refractivity contribution in [1.29, 1.82) is 0 Å². The molecule has 1 saturated heterocycles. The zero-order valence-corrected chi connectivity index (χ0v) is 23.4. The third-order valence-corrected chi connectivity index (χ3v) is 8.08. The van der Waals surface area contributed by atoms with Gasteiger partial charge in [0.1, 0.15) is 35.4 Å². The number of carbonyl (C=O) groups excluding carboxylic acids is 1. The Morgan fingerprint density at radius 2 is 1.61 bits per heavy atom. The lowest BCUT2D eigenvalue weighted by molar-refractivity contribution is -0.0916. The van der Waals surface area contributed by atoms with Crippen molar-refractivity contribution in [1.82, 2.24) is 14.5 Å². The molecule has 5 aromatic rings. The zero-order valence-electron chi connectivity index (χ0n) is 21.1. The molecular weight excluding hydrogens is 589 g/mol. The summed E-state index contributed by atoms with van der Waals surface area (Å²) < 4.78 is 13.7. The van der Waals surface area contributed by atoms with E-state index < -0.39 is 36.6 Å². The fraction of sp³-hybridized carbons (Fsp3) is 0.167. The first kappa shape index (κ1) is 27.7. The van der Waals surface area contributed by atoms with E-state index in [4.69, 9.17) is 44.3 Å². The van der Waals surface area contributed by atoms with Crippen LogP contribution in [-0.4, -0.2) is 49.0 Å². The van der Waals surface area contributed by atoms with Gasteiger partial charge in [0.05, 0.1) is 21.0 Å². The van der Waals surface area contributed by atoms with Gasteiger partial charge in [-0.3, -0.25) is 0 Å². The highest BCUT2D eigenvalue weighted by Crippen LogP contribution is 2.41. The fourth-order valence-electron chi connectivity index (χ4n) is 4.94. The molecule has 208 valence electrons. The fourth-order valence-corrected chi connectivity index (χ4v) is 5.44. The summed E-state index contributed by atoms with van der Waals surface area (Å²) in [6.45, 7) is 0. The second-order valence-corrected chi connectivity index (χ2v) is 10.7. The Balaban J connectivity index is 1.32. The van der Waals surface area contributed by atoms with Crippen molar-refractivity contribution in [3.8, 4) is 11.1 Å². The summed E-state index contributed by atoms with van der Waals surface area (Å²) in [6, 6.07) is 23.1. The summed E-state index contributed by atoms with van der Waals surface area (Å²) in [4.78, 5) is 21.6. The smallest absolute Gasteiger partial charge is 0.338 e. The van der Waals surface area contributed by atoms with E-state index in [1.54, 1.807) is 41.1 Å². The molecule has 11 heteroatoms. The van der Waals surface area contributed by atoms with Crippen LogP contribution in [0, 0.1) is 0 Å². The van der Waals surface area contributed by atoms with E-state index in [0.717, 1.165) is 11.1 Å². The van der Waals surface area contributed by atoms with E-state index in [-0.39, 0.29) is 10.2 Å². The molecule has 8 nitrogen and oxygen atoms in total. The average molecular weight is 611 g/mol. The van der Waals surface area contributed by atoms with Gasteiger partial charge in [-0.1, -0.05) is 83.3 Å². The summed E-state index contributed by atoms with van der Waals surface area (Å²) in [5.74, 6) is -0.652. The largest absolute Gasteiger partial charge is 0.451 e. The number of ether oxygens (including phenoxy) is 2. The summed E-state index contributed by atoms with van der Waals surface area (Å²) in [5.41, 5.74) is 3.07. The molecule has 3 heterocycles. The molecule has 41 heavy (non-hydrogen) atoms. The second kappa shape index (κ2) is 11.4. The Kier molecular flexibility index (Phi) is 7.70. The number of nitrogens with zero attached hydrogens (tertiary/aromatic N) is 3. The molecule has 1 aliphatic heterocycles. The molecule has 1 aliphatic rings. The normalized spacial score (nSPS) is 21.2. The van der Waals surface area contributed by atoms with E-state index in [9.17, 15) is 15.0 Å². The molecule has 0 unspecified atom stereocenters. The van der Waals surface area contributed by atoms with Crippen LogP contribution in [0.5, 0.6) is 0 Å². The topological polar surface area (TPSA) is 107 Å². The average Bonchev–Trinajstić information content (AvgIpc) is 3.55. The Morgan fingerprint density at radius 1 is 0.878 bits per heavy atom. The maximum absolute atomic E-state index is 13.4. The van der Waals surface area contributed by atoms with E-state index in [1.165, 1.54) is 12.4 Å². The van der Waals surface area contributed by atoms with Gasteiger partial charge < -0.3 is 24.3 Å². The van der Waals surface area contributed by atoms with Gasteiger partial charge in [0.15, 0.2) is 12.3 Å². The van der Waals surface area contributed by atoms with Crippen molar-refractivity contribution < 1.29 is 24.5 Å². The summed E-state index contributed by atoms with van der Waals surface area (Å²) in [5, 5.41) is 23.5. The number of fused-ring (bicyclic) bond motifs is 1. The molecule has 2 aromatic heterocycles. The van der Waals surface area contributed by atoms with E-state index >= 15 is 0 Å². The molecule has 1 fully saturated rings. The van der Waals surface area contributed by atoms with Crippen LogP contribution in [0.1, 0.15) is 28.3 Å². The highest BCUT2D eigenvalue weighted by atomic mass is 35.5. The lowest BCUT2D eigenvalue weighted by Gasteiger charge is -2.26. The summed E-state index contributed by atoms with van der Waals surface area (Å²) in [7, 11) is 0. The van der Waals surface area contributed by atoms with Crippen molar-refractivity contribution in [2.24, 2.45) is 0 Å². The number of benzene rings is 3. The lowest BCUT2D eigenvalue weighted by atomic mass is 9.98. The number of hydrogen-bond donors (Lipinski definition) is 2. The van der Waals surface area contributed by atoms with E-state index in [1.807, 2.05) is 42.5 Å². The minimum Gasteiger partial charge on any atom is -0.451 e. The number of aliphatic hydroxyl groups excluding tert-OH is 2. The first-order valence-corrected chi connectivity index (χ1v) is 13.8. The van der Waals surface area contributed by atoms with Crippen LogP contribution < -0.4 is 0 Å².